The lowest BCUT2D eigenvalue weighted by Crippen LogP contribution is -2.71. The van der Waals surface area contributed by atoms with Crippen molar-refractivity contribution in [2.45, 2.75) is 28.2 Å². The molecule has 2 atom stereocenters. The normalized spacial score (nSPS) is 21.5. The van der Waals surface area contributed by atoms with Crippen LogP contribution in [0.15, 0.2) is 15.6 Å². The number of aromatic nitrogens is 2. The molecule has 0 bridgehead atoms. The number of amides is 2. The Bertz CT molecular complexity index is 1070. The molecule has 1 fully saturated rings. The third-order valence-electron chi connectivity index (χ3n) is 4.12. The number of hydrogen-bond donors (Lipinski definition) is 2. The summed E-state index contributed by atoms with van der Waals surface area (Å²) in [6.07, 6.45) is 0. The fourth-order valence-electron chi connectivity index (χ4n) is 2.75. The van der Waals surface area contributed by atoms with Crippen LogP contribution in [0.5, 0.6) is 0 Å². The van der Waals surface area contributed by atoms with Crippen molar-refractivity contribution in [2.24, 2.45) is 0 Å². The molecule has 10 nitrogen and oxygen atoms in total. The minimum absolute atomic E-state index is 0.189. The Morgan fingerprint density at radius 2 is 2.03 bits per heavy atom. The lowest BCUT2D eigenvalue weighted by atomic mass is 10.0. The summed E-state index contributed by atoms with van der Waals surface area (Å²) in [6.45, 7) is 1.76. The first-order valence-corrected chi connectivity index (χ1v) is 12.7. The van der Waals surface area contributed by atoms with Crippen molar-refractivity contribution in [1.29, 1.82) is 0 Å². The Morgan fingerprint density at radius 3 is 2.58 bits per heavy atom. The number of nitrogens with zero attached hydrogens (tertiary/aromatic N) is 3. The van der Waals surface area contributed by atoms with Crippen molar-refractivity contribution in [2.75, 3.05) is 17.3 Å². The van der Waals surface area contributed by atoms with E-state index in [1.54, 1.807) is 6.92 Å². The maximum absolute atomic E-state index is 12.4. The number of carboxylic acids is 1. The van der Waals surface area contributed by atoms with Gasteiger partial charge in [-0.3, -0.25) is 14.5 Å². The van der Waals surface area contributed by atoms with E-state index in [1.807, 2.05) is 5.32 Å². The van der Waals surface area contributed by atoms with Gasteiger partial charge in [0.2, 0.25) is 5.91 Å². The van der Waals surface area contributed by atoms with Gasteiger partial charge in [0, 0.05) is 11.5 Å². The quantitative estimate of drug-likeness (QED) is 0.389. The van der Waals surface area contributed by atoms with Gasteiger partial charge in [0.1, 0.15) is 27.9 Å². The maximum atomic E-state index is 12.4. The monoisotopic (exact) mass is 518 g/mol. The highest BCUT2D eigenvalue weighted by molar-refractivity contribution is 8.01. The van der Waals surface area contributed by atoms with E-state index in [4.69, 9.17) is 0 Å². The third kappa shape index (κ3) is 4.83. The molecule has 1 aromatic heterocycles. The summed E-state index contributed by atoms with van der Waals surface area (Å²) in [4.78, 5) is 36.9. The van der Waals surface area contributed by atoms with Gasteiger partial charge in [-0.25, -0.2) is 13.2 Å². The molecule has 1 aromatic rings. The second-order valence-electron chi connectivity index (χ2n) is 6.29. The number of β-lactam (4-membered cyclic amide) rings is 1. The van der Waals surface area contributed by atoms with E-state index in [9.17, 15) is 41.1 Å². The Morgan fingerprint density at radius 1 is 1.35 bits per heavy atom. The van der Waals surface area contributed by atoms with E-state index in [0.29, 0.717) is 9.91 Å². The molecule has 31 heavy (non-hydrogen) atoms. The van der Waals surface area contributed by atoms with Crippen LogP contribution in [0.3, 0.4) is 0 Å². The molecule has 1 unspecified atom stereocenters. The number of rotatable bonds is 7. The highest BCUT2D eigenvalue weighted by atomic mass is 32.2. The summed E-state index contributed by atoms with van der Waals surface area (Å²) in [5.74, 6) is -5.16. The van der Waals surface area contributed by atoms with Crippen molar-refractivity contribution in [3.63, 3.8) is 0 Å². The molecule has 17 heteroatoms. The van der Waals surface area contributed by atoms with Gasteiger partial charge in [0.05, 0.1) is 0 Å². The minimum Gasteiger partial charge on any atom is -0.477 e. The molecule has 1 saturated heterocycles. The number of aliphatic carboxylic acids is 1. The highest BCUT2D eigenvalue weighted by Crippen LogP contribution is 2.41. The molecule has 2 amide bonds. The van der Waals surface area contributed by atoms with Crippen molar-refractivity contribution in [1.82, 2.24) is 20.4 Å². The van der Waals surface area contributed by atoms with E-state index >= 15 is 0 Å². The van der Waals surface area contributed by atoms with E-state index in [0.717, 1.165) is 21.7 Å². The predicted molar refractivity (Wildman–Crippen MR) is 105 cm³/mol. The van der Waals surface area contributed by atoms with E-state index < -0.39 is 50.3 Å². The van der Waals surface area contributed by atoms with Crippen LogP contribution in [0.1, 0.15) is 5.01 Å². The van der Waals surface area contributed by atoms with Gasteiger partial charge in [-0.1, -0.05) is 23.1 Å². The van der Waals surface area contributed by atoms with Crippen molar-refractivity contribution < 1.29 is 41.1 Å². The van der Waals surface area contributed by atoms with Gasteiger partial charge in [0.25, 0.3) is 15.7 Å². The maximum Gasteiger partial charge on any atom is 0.497 e. The molecular formula is C14H13F3N4O6S4. The van der Waals surface area contributed by atoms with Crippen LogP contribution in [0.2, 0.25) is 0 Å². The minimum atomic E-state index is -5.70. The largest absolute Gasteiger partial charge is 0.497 e. The van der Waals surface area contributed by atoms with E-state index in [-0.39, 0.29) is 17.2 Å². The summed E-state index contributed by atoms with van der Waals surface area (Å²) in [7, 11) is -5.70. The Labute approximate surface area is 185 Å². The summed E-state index contributed by atoms with van der Waals surface area (Å²) in [6, 6.07) is -1.32. The van der Waals surface area contributed by atoms with Crippen molar-refractivity contribution in [3.05, 3.63) is 16.3 Å². The zero-order chi connectivity index (χ0) is 23.1. The summed E-state index contributed by atoms with van der Waals surface area (Å²) in [5, 5.41) is 19.2. The zero-order valence-corrected chi connectivity index (χ0v) is 18.6. The van der Waals surface area contributed by atoms with Gasteiger partial charge in [-0.2, -0.15) is 13.2 Å². The molecule has 0 radical (unpaired) electrons. The summed E-state index contributed by atoms with van der Waals surface area (Å²) < 4.78 is 60.1. The number of sulfone groups is 1. The Balaban J connectivity index is 1.70. The van der Waals surface area contributed by atoms with Gasteiger partial charge in [-0.05, 0) is 12.5 Å². The Kier molecular flexibility index (Phi) is 6.60. The van der Waals surface area contributed by atoms with Crippen LogP contribution in [-0.2, 0) is 24.2 Å². The fourth-order valence-corrected chi connectivity index (χ4v) is 6.64. The third-order valence-corrected chi connectivity index (χ3v) is 8.86. The summed E-state index contributed by atoms with van der Waals surface area (Å²) >= 11 is 3.68. The number of carbonyl (C=O) groups is 3. The van der Waals surface area contributed by atoms with Crippen molar-refractivity contribution in [3.8, 4) is 0 Å². The van der Waals surface area contributed by atoms with E-state index in [2.05, 4.69) is 10.2 Å². The zero-order valence-electron chi connectivity index (χ0n) is 15.4. The lowest BCUT2D eigenvalue weighted by molar-refractivity contribution is -0.150. The van der Waals surface area contributed by atoms with Crippen LogP contribution in [0, 0.1) is 6.92 Å². The molecule has 0 spiro atoms. The summed E-state index contributed by atoms with van der Waals surface area (Å²) in [5.41, 5.74) is -5.43. The molecular weight excluding hydrogens is 505 g/mol. The first-order chi connectivity index (χ1) is 14.3. The van der Waals surface area contributed by atoms with Gasteiger partial charge in [-0.15, -0.1) is 22.0 Å². The lowest BCUT2D eigenvalue weighted by Gasteiger charge is -2.49. The molecule has 170 valence electrons. The average Bonchev–Trinajstić information content (AvgIpc) is 3.07. The number of nitrogens with one attached hydrogen (secondary N) is 1. The highest BCUT2D eigenvalue weighted by Gasteiger charge is 2.55. The predicted octanol–water partition coefficient (Wildman–Crippen LogP) is 0.612. The van der Waals surface area contributed by atoms with Crippen molar-refractivity contribution >= 4 is 62.5 Å². The topological polar surface area (TPSA) is 147 Å². The molecule has 0 aromatic carbocycles. The number of alkyl halides is 3. The average molecular weight is 519 g/mol. The Hall–Kier alpha value is -1.85. The van der Waals surface area contributed by atoms with Crippen LogP contribution in [0.25, 0.3) is 0 Å². The number of halogens is 3. The number of hydrogen-bond acceptors (Lipinski definition) is 10. The van der Waals surface area contributed by atoms with Gasteiger partial charge in [0.15, 0.2) is 4.34 Å². The van der Waals surface area contributed by atoms with Gasteiger partial charge >= 0.3 is 11.5 Å². The SMILES string of the molecule is Cc1nnc(SCC2=C(C(=O)O)N3C(=O)C(NC(=O)CS(=O)(=O)C(F)(F)F)[C@@H]3SC2)s1. The van der Waals surface area contributed by atoms with Crippen LogP contribution in [0.4, 0.5) is 13.2 Å². The first-order valence-electron chi connectivity index (χ1n) is 8.23. The standard InChI is InChI=1S/C14H13F3N4O6S4/c1-5-19-20-13(30-5)29-3-6-2-28-11-8(10(23)21(11)9(6)12(24)25)18-7(22)4-31(26,27)14(15,16)17/h8,11H,2-4H2,1H3,(H,18,22)(H,24,25)/t8?,11-/m0/s1. The molecule has 3 heterocycles. The second kappa shape index (κ2) is 8.59. The molecule has 2 aliphatic rings. The van der Waals surface area contributed by atoms with Gasteiger partial charge < -0.3 is 10.4 Å². The number of thioether (sulfide) groups is 2. The molecule has 0 aliphatic carbocycles. The molecule has 2 N–H and O–H groups in total. The number of aryl methyl sites for hydroxylation is 1. The smallest absolute Gasteiger partial charge is 0.477 e. The number of carbonyl (C=O) groups excluding carboxylic acids is 2. The fraction of sp³-hybridized carbons (Fsp3) is 0.500. The second-order valence-corrected chi connectivity index (χ2v) is 11.8. The van der Waals surface area contributed by atoms with Crippen LogP contribution >= 0.6 is 34.9 Å². The van der Waals surface area contributed by atoms with Crippen LogP contribution in [-0.4, -0.2) is 80.6 Å². The number of carboxylic acid groups (broad SMARTS) is 1. The molecule has 2 aliphatic heterocycles. The number of fused-ring (bicyclic) bond motifs is 1. The van der Waals surface area contributed by atoms with E-state index in [1.165, 1.54) is 23.1 Å². The van der Waals surface area contributed by atoms with Crippen LogP contribution < -0.4 is 5.32 Å². The molecule has 3 rings (SSSR count). The first kappa shape index (κ1) is 23.8. The molecule has 0 saturated carbocycles.